The van der Waals surface area contributed by atoms with Crippen LogP contribution in [-0.2, 0) is 0 Å². The van der Waals surface area contributed by atoms with E-state index in [1.807, 2.05) is 0 Å². The van der Waals surface area contributed by atoms with E-state index in [9.17, 15) is 39.6 Å². The molecule has 1 aromatic carbocycles. The molecule has 510 valence electrons. The zero-order valence-electron chi connectivity index (χ0n) is 60.2. The quantitative estimate of drug-likeness (QED) is 0.0583. The highest BCUT2D eigenvalue weighted by atomic mass is 31.2. The molecule has 0 saturated carbocycles. The number of carboxylic acids is 4. The summed E-state index contributed by atoms with van der Waals surface area (Å²) in [5, 5.41) is 42.4. The van der Waals surface area contributed by atoms with E-state index in [0.29, 0.717) is 12.1 Å². The van der Waals surface area contributed by atoms with Crippen molar-refractivity contribution in [1.29, 1.82) is 0 Å². The van der Waals surface area contributed by atoms with E-state index in [2.05, 4.69) is 111 Å². The molecule has 1 rings (SSSR count). The Balaban J connectivity index is -0.000000489. The average Bonchev–Trinajstić information content (AvgIpc) is 3.16. The molecule has 0 saturated heterocycles. The van der Waals surface area contributed by atoms with Crippen LogP contribution in [0.15, 0.2) is 12.1 Å². The first kappa shape index (κ1) is 91.2. The second-order valence-electron chi connectivity index (χ2n) is 25.7. The normalized spacial score (nSPS) is 11.5. The molecular formula is C74H146O8P4. The van der Waals surface area contributed by atoms with Crippen molar-refractivity contribution in [3.63, 3.8) is 0 Å². The van der Waals surface area contributed by atoms with Gasteiger partial charge in [-0.2, -0.15) is 0 Å². The van der Waals surface area contributed by atoms with Crippen molar-refractivity contribution in [2.24, 2.45) is 0 Å². The fraction of sp³-hybridized carbons (Fsp3) is 0.865. The standard InChI is InChI=1S/4C16H36P.C10H6O8/c4*1-5-9-13-17(14-10-6-2,15-11-7-3)16-12-8-4;11-7(12)3-1-4(8(13)14)6(10(17)18)2-5(3)9(15)16/h4*5-16H2,1-4H3;1-2H,(H,11,12)(H,13,14)(H,15,16)(H,17,18)/q4*+1;/p-4. The van der Waals surface area contributed by atoms with E-state index < -0.39 is 75.2 Å². The van der Waals surface area contributed by atoms with Crippen LogP contribution in [0, 0.1) is 0 Å². The van der Waals surface area contributed by atoms with Crippen LogP contribution in [0.2, 0.25) is 0 Å². The third kappa shape index (κ3) is 45.1. The smallest absolute Gasteiger partial charge is 0.0722 e. The predicted molar refractivity (Wildman–Crippen MR) is 388 cm³/mol. The Hall–Kier alpha value is -1.18. The van der Waals surface area contributed by atoms with E-state index in [1.165, 1.54) is 205 Å². The Morgan fingerprint density at radius 3 is 0.349 bits per heavy atom. The molecule has 0 aliphatic rings. The molecule has 0 heterocycles. The van der Waals surface area contributed by atoms with Gasteiger partial charge in [0.1, 0.15) is 0 Å². The third-order valence-corrected chi connectivity index (χ3v) is 38.1. The SMILES string of the molecule is CCCC[P+](CCCC)(CCCC)CCCC.CCCC[P+](CCCC)(CCCC)CCCC.CCCC[P+](CCCC)(CCCC)CCCC.CCCC[P+](CCCC)(CCCC)CCCC.O=C([O-])c1cc(C(=O)[O-])c(C(=O)[O-])cc1C(=O)[O-]. The number of benzene rings is 1. The van der Waals surface area contributed by atoms with Gasteiger partial charge in [0.2, 0.25) is 0 Å². The number of hydrogen-bond donors (Lipinski definition) is 0. The average molecular weight is 1290 g/mol. The van der Waals surface area contributed by atoms with Gasteiger partial charge < -0.3 is 39.6 Å². The Labute approximate surface area is 538 Å². The number of carbonyl (C=O) groups is 4. The maximum atomic E-state index is 10.6. The van der Waals surface area contributed by atoms with Crippen molar-refractivity contribution >= 4 is 52.9 Å². The lowest BCUT2D eigenvalue weighted by Gasteiger charge is -2.28. The first-order chi connectivity index (χ1) is 41.2. The minimum absolute atomic E-state index is 0.306. The largest absolute Gasteiger partial charge is 0.545 e. The Morgan fingerprint density at radius 1 is 0.209 bits per heavy atom. The molecule has 0 unspecified atom stereocenters. The number of carbonyl (C=O) groups excluding carboxylic acids is 4. The van der Waals surface area contributed by atoms with Crippen molar-refractivity contribution in [3.8, 4) is 0 Å². The monoisotopic (exact) mass is 1290 g/mol. The Morgan fingerprint density at radius 2 is 0.291 bits per heavy atom. The van der Waals surface area contributed by atoms with Crippen LogP contribution in [0.25, 0.3) is 0 Å². The Bertz CT molecular complexity index is 1350. The van der Waals surface area contributed by atoms with Gasteiger partial charge >= 0.3 is 0 Å². The maximum Gasteiger partial charge on any atom is 0.0722 e. The van der Waals surface area contributed by atoms with E-state index in [1.54, 1.807) is 98.6 Å². The summed E-state index contributed by atoms with van der Waals surface area (Å²) in [6.45, 7) is 37.7. The summed E-state index contributed by atoms with van der Waals surface area (Å²) in [7, 11) is -2.25. The molecular weight excluding hydrogens is 1140 g/mol. The van der Waals surface area contributed by atoms with Gasteiger partial charge in [-0.3, -0.25) is 0 Å². The minimum Gasteiger partial charge on any atom is -0.545 e. The van der Waals surface area contributed by atoms with E-state index in [-0.39, 0.29) is 0 Å². The number of hydrogen-bond acceptors (Lipinski definition) is 8. The number of carboxylic acid groups (broad SMARTS) is 4. The fourth-order valence-corrected chi connectivity index (χ4v) is 33.0. The summed E-state index contributed by atoms with van der Waals surface area (Å²) in [5.41, 5.74) is -4.11. The van der Waals surface area contributed by atoms with Gasteiger partial charge in [-0.25, -0.2) is 0 Å². The van der Waals surface area contributed by atoms with Crippen molar-refractivity contribution in [3.05, 3.63) is 34.4 Å². The number of rotatable bonds is 52. The number of unbranched alkanes of at least 4 members (excludes halogenated alkanes) is 16. The third-order valence-electron chi connectivity index (χ3n) is 17.8. The molecule has 8 nitrogen and oxygen atoms in total. The van der Waals surface area contributed by atoms with Gasteiger partial charge in [0.05, 0.1) is 122 Å². The molecule has 1 aromatic rings. The molecule has 0 radical (unpaired) electrons. The molecule has 0 amide bonds. The van der Waals surface area contributed by atoms with Gasteiger partial charge in [-0.15, -0.1) is 0 Å². The summed E-state index contributed by atoms with van der Waals surface area (Å²) in [6.07, 6.45) is 71.8. The fourth-order valence-electron chi connectivity index (χ4n) is 11.9. The lowest BCUT2D eigenvalue weighted by Crippen LogP contribution is -2.34. The summed E-state index contributed by atoms with van der Waals surface area (Å²) in [6, 6.07) is 0.613. The topological polar surface area (TPSA) is 161 Å². The van der Waals surface area contributed by atoms with Crippen molar-refractivity contribution in [2.45, 2.75) is 316 Å². The second-order valence-corrected chi connectivity index (χ2v) is 43.6. The zero-order valence-corrected chi connectivity index (χ0v) is 63.7. The minimum atomic E-state index is -2.00. The van der Waals surface area contributed by atoms with E-state index in [0.717, 1.165) is 0 Å². The zero-order chi connectivity index (χ0) is 66.0. The van der Waals surface area contributed by atoms with Gasteiger partial charge in [0.25, 0.3) is 0 Å². The van der Waals surface area contributed by atoms with Gasteiger partial charge in [-0.1, -0.05) is 214 Å². The highest BCUT2D eigenvalue weighted by Crippen LogP contribution is 2.64. The summed E-state index contributed by atoms with van der Waals surface area (Å²) in [4.78, 5) is 42.4. The van der Waals surface area contributed by atoms with Gasteiger partial charge in [0, 0.05) is 51.3 Å². The maximum absolute atomic E-state index is 10.6. The highest BCUT2D eigenvalue weighted by molar-refractivity contribution is 7.76. The Kier molecular flexibility index (Phi) is 65.1. The molecule has 0 aromatic heterocycles. The van der Waals surface area contributed by atoms with Crippen LogP contribution in [0.3, 0.4) is 0 Å². The first-order valence-electron chi connectivity index (χ1n) is 36.7. The van der Waals surface area contributed by atoms with E-state index >= 15 is 0 Å². The van der Waals surface area contributed by atoms with E-state index in [4.69, 9.17) is 0 Å². The van der Waals surface area contributed by atoms with Gasteiger partial charge in [0.15, 0.2) is 0 Å². The highest BCUT2D eigenvalue weighted by Gasteiger charge is 2.37. The van der Waals surface area contributed by atoms with Crippen LogP contribution >= 0.6 is 29.0 Å². The molecule has 0 atom stereocenters. The summed E-state index contributed by atoms with van der Waals surface area (Å²) < 4.78 is 0. The number of aromatic carboxylic acids is 4. The van der Waals surface area contributed by atoms with Crippen molar-refractivity contribution in [1.82, 2.24) is 0 Å². The molecule has 0 aliphatic heterocycles. The molecule has 0 N–H and O–H groups in total. The summed E-state index contributed by atoms with van der Waals surface area (Å²) >= 11 is 0. The molecule has 0 spiro atoms. The lowest BCUT2D eigenvalue weighted by molar-refractivity contribution is -0.261. The molecule has 0 fully saturated rings. The molecule has 12 heteroatoms. The van der Waals surface area contributed by atoms with Crippen molar-refractivity contribution in [2.75, 3.05) is 98.6 Å². The first-order valence-corrected chi connectivity index (χ1v) is 46.8. The van der Waals surface area contributed by atoms with Gasteiger partial charge in [-0.05, 0) is 115 Å². The van der Waals surface area contributed by atoms with Crippen LogP contribution < -0.4 is 20.4 Å². The molecule has 0 bridgehead atoms. The van der Waals surface area contributed by atoms with Crippen LogP contribution in [0.5, 0.6) is 0 Å². The van der Waals surface area contributed by atoms with Crippen LogP contribution in [0.1, 0.15) is 358 Å². The van der Waals surface area contributed by atoms with Crippen LogP contribution in [0.4, 0.5) is 0 Å². The summed E-state index contributed by atoms with van der Waals surface area (Å²) in [5.74, 6) is -7.99. The van der Waals surface area contributed by atoms with Crippen LogP contribution in [-0.4, -0.2) is 122 Å². The molecule has 86 heavy (non-hydrogen) atoms. The second kappa shape index (κ2) is 61.3. The predicted octanol–water partition coefficient (Wildman–Crippen LogP) is 20.0. The van der Waals surface area contributed by atoms with Crippen molar-refractivity contribution < 1.29 is 39.6 Å². The lowest BCUT2D eigenvalue weighted by atomic mass is 9.98. The molecule has 0 aliphatic carbocycles.